The highest BCUT2D eigenvalue weighted by atomic mass is 32.2. The Morgan fingerprint density at radius 1 is 1.58 bits per heavy atom. The van der Waals surface area contributed by atoms with Crippen LogP contribution in [-0.2, 0) is 14.8 Å². The normalized spacial score (nSPS) is 21.6. The van der Waals surface area contributed by atoms with E-state index in [1.165, 1.54) is 11.8 Å². The summed E-state index contributed by atoms with van der Waals surface area (Å²) in [5, 5.41) is 9.45. The first-order chi connectivity index (χ1) is 8.89. The van der Waals surface area contributed by atoms with E-state index in [4.69, 9.17) is 0 Å². The lowest BCUT2D eigenvalue weighted by Gasteiger charge is -2.23. The minimum absolute atomic E-state index is 0.0430. The molecule has 0 saturated carbocycles. The molecule has 2 unspecified atom stereocenters. The van der Waals surface area contributed by atoms with Gasteiger partial charge in [0, 0.05) is 13.1 Å². The number of carbonyl (C=O) groups is 1. The van der Waals surface area contributed by atoms with Gasteiger partial charge in [0.25, 0.3) is 0 Å². The van der Waals surface area contributed by atoms with Gasteiger partial charge in [-0.15, -0.1) is 0 Å². The monoisotopic (exact) mass is 310 g/mol. The van der Waals surface area contributed by atoms with Gasteiger partial charge in [-0.05, 0) is 31.8 Å². The number of likely N-dealkylation sites (tertiary alicyclic amines) is 1. The number of aliphatic hydroxyl groups is 1. The van der Waals surface area contributed by atoms with Crippen molar-refractivity contribution in [2.45, 2.75) is 31.9 Å². The van der Waals surface area contributed by atoms with Crippen molar-refractivity contribution >= 4 is 27.7 Å². The van der Waals surface area contributed by atoms with Crippen molar-refractivity contribution in [1.29, 1.82) is 0 Å². The molecule has 1 rings (SSSR count). The van der Waals surface area contributed by atoms with Gasteiger partial charge in [0.1, 0.15) is 6.04 Å². The summed E-state index contributed by atoms with van der Waals surface area (Å²) >= 11 is 1.57. The Hall–Kier alpha value is -0.310. The van der Waals surface area contributed by atoms with Crippen LogP contribution in [-0.4, -0.2) is 67.3 Å². The maximum absolute atomic E-state index is 12.3. The van der Waals surface area contributed by atoms with E-state index in [0.717, 1.165) is 0 Å². The third kappa shape index (κ3) is 5.29. The number of hydrogen-bond donors (Lipinski definition) is 2. The van der Waals surface area contributed by atoms with Crippen molar-refractivity contribution in [1.82, 2.24) is 9.62 Å². The Balaban J connectivity index is 2.70. The quantitative estimate of drug-likeness (QED) is 0.671. The van der Waals surface area contributed by atoms with Gasteiger partial charge in [-0.3, -0.25) is 4.79 Å². The van der Waals surface area contributed by atoms with Crippen LogP contribution in [0, 0.1) is 0 Å². The van der Waals surface area contributed by atoms with Crippen LogP contribution in [0.25, 0.3) is 0 Å². The van der Waals surface area contributed by atoms with Gasteiger partial charge in [-0.25, -0.2) is 13.1 Å². The second kappa shape index (κ2) is 7.47. The van der Waals surface area contributed by atoms with Crippen LogP contribution in [0.3, 0.4) is 0 Å². The molecule has 1 amide bonds. The number of β-amino-alcohol motifs (C(OH)–C–C–N with tert-alkyl or cyclic N) is 1. The van der Waals surface area contributed by atoms with Crippen LogP contribution >= 0.6 is 11.8 Å². The number of amides is 1. The molecule has 6 nitrogen and oxygen atoms in total. The second-order valence-electron chi connectivity index (χ2n) is 4.58. The number of nitrogens with one attached hydrogen (secondary N) is 1. The van der Waals surface area contributed by atoms with Crippen molar-refractivity contribution in [3.63, 3.8) is 0 Å². The number of thioether (sulfide) groups is 1. The maximum atomic E-state index is 12.3. The highest BCUT2D eigenvalue weighted by Crippen LogP contribution is 2.13. The average molecular weight is 310 g/mol. The first-order valence-corrected chi connectivity index (χ1v) is 9.40. The lowest BCUT2D eigenvalue weighted by Crippen LogP contribution is -2.48. The molecule has 0 aromatic heterocycles. The van der Waals surface area contributed by atoms with Crippen LogP contribution in [0.4, 0.5) is 0 Å². The van der Waals surface area contributed by atoms with Crippen LogP contribution in [0.15, 0.2) is 0 Å². The van der Waals surface area contributed by atoms with Crippen molar-refractivity contribution in [2.24, 2.45) is 0 Å². The molecule has 1 fully saturated rings. The number of sulfonamides is 1. The fourth-order valence-corrected chi connectivity index (χ4v) is 3.22. The summed E-state index contributed by atoms with van der Waals surface area (Å²) in [6, 6.07) is -0.720. The molecule has 0 aromatic carbocycles. The molecule has 1 aliphatic heterocycles. The lowest BCUT2D eigenvalue weighted by molar-refractivity contribution is -0.132. The van der Waals surface area contributed by atoms with Crippen LogP contribution in [0.5, 0.6) is 0 Å². The summed E-state index contributed by atoms with van der Waals surface area (Å²) in [7, 11) is -3.41. The minimum atomic E-state index is -3.41. The van der Waals surface area contributed by atoms with Gasteiger partial charge in [-0.2, -0.15) is 11.8 Å². The van der Waals surface area contributed by atoms with E-state index >= 15 is 0 Å². The summed E-state index contributed by atoms with van der Waals surface area (Å²) in [5.41, 5.74) is 0. The van der Waals surface area contributed by atoms with E-state index in [-0.39, 0.29) is 11.7 Å². The van der Waals surface area contributed by atoms with E-state index < -0.39 is 22.2 Å². The summed E-state index contributed by atoms with van der Waals surface area (Å²) in [4.78, 5) is 13.8. The zero-order valence-corrected chi connectivity index (χ0v) is 13.0. The molecule has 0 radical (unpaired) electrons. The predicted molar refractivity (Wildman–Crippen MR) is 76.6 cm³/mol. The van der Waals surface area contributed by atoms with Gasteiger partial charge >= 0.3 is 0 Å². The van der Waals surface area contributed by atoms with Crippen LogP contribution < -0.4 is 4.72 Å². The van der Waals surface area contributed by atoms with E-state index in [0.29, 0.717) is 31.7 Å². The first-order valence-electron chi connectivity index (χ1n) is 6.35. The molecule has 0 bridgehead atoms. The summed E-state index contributed by atoms with van der Waals surface area (Å²) in [5.74, 6) is 0.431. The number of hydrogen-bond acceptors (Lipinski definition) is 5. The first kappa shape index (κ1) is 16.7. The van der Waals surface area contributed by atoms with E-state index in [2.05, 4.69) is 4.72 Å². The smallest absolute Gasteiger partial charge is 0.240 e. The topological polar surface area (TPSA) is 86.7 Å². The molecule has 0 aliphatic carbocycles. The van der Waals surface area contributed by atoms with Gasteiger partial charge in [0.15, 0.2) is 0 Å². The van der Waals surface area contributed by atoms with Crippen molar-refractivity contribution in [3.8, 4) is 0 Å². The number of nitrogens with zero attached hydrogens (tertiary/aromatic N) is 1. The zero-order chi connectivity index (χ0) is 14.5. The summed E-state index contributed by atoms with van der Waals surface area (Å²) in [6.45, 7) is 2.32. The third-order valence-corrected chi connectivity index (χ3v) is 5.13. The van der Waals surface area contributed by atoms with Crippen molar-refractivity contribution in [2.75, 3.05) is 30.9 Å². The molecule has 0 spiro atoms. The molecule has 19 heavy (non-hydrogen) atoms. The second-order valence-corrected chi connectivity index (χ2v) is 7.61. The highest BCUT2D eigenvalue weighted by molar-refractivity contribution is 7.98. The Morgan fingerprint density at radius 2 is 2.26 bits per heavy atom. The predicted octanol–water partition coefficient (Wildman–Crippen LogP) is -0.359. The van der Waals surface area contributed by atoms with Gasteiger partial charge in [0.05, 0.1) is 11.9 Å². The molecule has 1 aliphatic rings. The molecular weight excluding hydrogens is 288 g/mol. The van der Waals surface area contributed by atoms with E-state index in [1.807, 2.05) is 6.26 Å². The molecule has 2 atom stereocenters. The molecule has 8 heteroatoms. The van der Waals surface area contributed by atoms with E-state index in [9.17, 15) is 18.3 Å². The largest absolute Gasteiger partial charge is 0.391 e. The fraction of sp³-hybridized carbons (Fsp3) is 0.909. The third-order valence-electron chi connectivity index (χ3n) is 3.09. The Kier molecular flexibility index (Phi) is 6.58. The van der Waals surface area contributed by atoms with Crippen LogP contribution in [0.2, 0.25) is 0 Å². The lowest BCUT2D eigenvalue weighted by atomic mass is 10.2. The molecule has 112 valence electrons. The number of rotatable bonds is 7. The fourth-order valence-electron chi connectivity index (χ4n) is 1.93. The van der Waals surface area contributed by atoms with Crippen molar-refractivity contribution in [3.05, 3.63) is 0 Å². The highest BCUT2D eigenvalue weighted by Gasteiger charge is 2.31. The maximum Gasteiger partial charge on any atom is 0.240 e. The molecular formula is C11H22N2O4S2. The standard InChI is InChI=1S/C11H22N2O4S2/c1-3-19(16,17)12-10(5-7-18-2)11(15)13-6-4-9(14)8-13/h9-10,12,14H,3-8H2,1-2H3. The van der Waals surface area contributed by atoms with Gasteiger partial charge < -0.3 is 10.0 Å². The van der Waals surface area contributed by atoms with Crippen molar-refractivity contribution < 1.29 is 18.3 Å². The van der Waals surface area contributed by atoms with Crippen LogP contribution in [0.1, 0.15) is 19.8 Å². The molecule has 0 aromatic rings. The zero-order valence-electron chi connectivity index (χ0n) is 11.3. The Morgan fingerprint density at radius 3 is 2.74 bits per heavy atom. The SMILES string of the molecule is CCS(=O)(=O)NC(CCSC)C(=O)N1CCC(O)C1. The Bertz CT molecular complexity index is 399. The molecule has 2 N–H and O–H groups in total. The molecule has 1 heterocycles. The van der Waals surface area contributed by atoms with Gasteiger partial charge in [-0.1, -0.05) is 0 Å². The number of carbonyl (C=O) groups excluding carboxylic acids is 1. The average Bonchev–Trinajstić information content (AvgIpc) is 2.80. The Labute approximate surface area is 119 Å². The van der Waals surface area contributed by atoms with Gasteiger partial charge in [0.2, 0.25) is 15.9 Å². The molecule has 1 saturated heterocycles. The summed E-state index contributed by atoms with van der Waals surface area (Å²) in [6.07, 6.45) is 2.44. The van der Waals surface area contributed by atoms with E-state index in [1.54, 1.807) is 11.8 Å². The summed E-state index contributed by atoms with van der Waals surface area (Å²) < 4.78 is 25.7. The number of aliphatic hydroxyl groups excluding tert-OH is 1. The minimum Gasteiger partial charge on any atom is -0.391 e.